The number of rotatable bonds is 7. The number of aryl methyl sites for hydroxylation is 1. The van der Waals surface area contributed by atoms with Crippen LogP contribution in [-0.4, -0.2) is 66.1 Å². The first-order valence-corrected chi connectivity index (χ1v) is 10.2. The maximum Gasteiger partial charge on any atom is 0.234 e. The first-order valence-electron chi connectivity index (χ1n) is 9.03. The summed E-state index contributed by atoms with van der Waals surface area (Å²) in [4.78, 5) is 28.2. The zero-order valence-corrected chi connectivity index (χ0v) is 15.7. The molecule has 1 N–H and O–H groups in total. The normalized spacial score (nSPS) is 18.2. The lowest BCUT2D eigenvalue weighted by Crippen LogP contribution is -2.51. The number of benzene rings is 1. The fourth-order valence-corrected chi connectivity index (χ4v) is 3.78. The number of thioether (sulfide) groups is 1. The number of hydrogen-bond acceptors (Lipinski definition) is 4. The molecule has 0 unspecified atom stereocenters. The lowest BCUT2D eigenvalue weighted by atomic mass is 10.2. The highest BCUT2D eigenvalue weighted by molar-refractivity contribution is 7.99. The standard InChI is InChI=1S/C19H27N3O2S/c1-15-2-4-16(5-3-15)13-25-14-19(24)22-10-8-21(9-11-22)12-18(23)20-17-6-7-17/h2-5,17H,6-14H2,1H3,(H,20,23). The molecule has 3 rings (SSSR count). The lowest BCUT2D eigenvalue weighted by Gasteiger charge is -2.34. The Hall–Kier alpha value is -1.53. The monoisotopic (exact) mass is 361 g/mol. The van der Waals surface area contributed by atoms with Crippen molar-refractivity contribution in [2.24, 2.45) is 0 Å². The van der Waals surface area contributed by atoms with E-state index in [2.05, 4.69) is 41.4 Å². The van der Waals surface area contributed by atoms with Crippen molar-refractivity contribution in [2.45, 2.75) is 31.6 Å². The van der Waals surface area contributed by atoms with E-state index >= 15 is 0 Å². The minimum Gasteiger partial charge on any atom is -0.352 e. The topological polar surface area (TPSA) is 52.7 Å². The van der Waals surface area contributed by atoms with E-state index in [4.69, 9.17) is 0 Å². The molecule has 0 aromatic heterocycles. The summed E-state index contributed by atoms with van der Waals surface area (Å²) in [7, 11) is 0. The second-order valence-electron chi connectivity index (χ2n) is 6.98. The quantitative estimate of drug-likeness (QED) is 0.802. The lowest BCUT2D eigenvalue weighted by molar-refractivity contribution is -0.130. The van der Waals surface area contributed by atoms with Crippen molar-refractivity contribution in [3.05, 3.63) is 35.4 Å². The van der Waals surface area contributed by atoms with Gasteiger partial charge in [-0.3, -0.25) is 14.5 Å². The van der Waals surface area contributed by atoms with Gasteiger partial charge in [0.1, 0.15) is 0 Å². The molecule has 0 bridgehead atoms. The molecule has 1 aromatic rings. The second-order valence-corrected chi connectivity index (χ2v) is 7.96. The van der Waals surface area contributed by atoms with Crippen LogP contribution >= 0.6 is 11.8 Å². The summed E-state index contributed by atoms with van der Waals surface area (Å²) < 4.78 is 0. The number of nitrogens with zero attached hydrogens (tertiary/aromatic N) is 2. The summed E-state index contributed by atoms with van der Waals surface area (Å²) in [6.45, 7) is 5.55. The van der Waals surface area contributed by atoms with Crippen LogP contribution in [0, 0.1) is 6.92 Å². The third kappa shape index (κ3) is 6.04. The molecule has 0 radical (unpaired) electrons. The third-order valence-electron chi connectivity index (χ3n) is 4.65. The Labute approximate surface area is 154 Å². The minimum atomic E-state index is 0.121. The van der Waals surface area contributed by atoms with E-state index in [0.717, 1.165) is 44.8 Å². The zero-order valence-electron chi connectivity index (χ0n) is 14.9. The smallest absolute Gasteiger partial charge is 0.234 e. The van der Waals surface area contributed by atoms with E-state index in [1.54, 1.807) is 11.8 Å². The van der Waals surface area contributed by atoms with Crippen LogP contribution in [0.3, 0.4) is 0 Å². The maximum absolute atomic E-state index is 12.3. The number of hydrogen-bond donors (Lipinski definition) is 1. The van der Waals surface area contributed by atoms with Gasteiger partial charge in [0, 0.05) is 38.0 Å². The van der Waals surface area contributed by atoms with Crippen molar-refractivity contribution in [3.63, 3.8) is 0 Å². The van der Waals surface area contributed by atoms with Crippen LogP contribution in [0.1, 0.15) is 24.0 Å². The van der Waals surface area contributed by atoms with Gasteiger partial charge in [0.15, 0.2) is 0 Å². The Bertz CT molecular complexity index is 593. The highest BCUT2D eigenvalue weighted by Crippen LogP contribution is 2.18. The number of nitrogens with one attached hydrogen (secondary N) is 1. The molecule has 0 atom stereocenters. The van der Waals surface area contributed by atoms with Gasteiger partial charge in [0.2, 0.25) is 11.8 Å². The van der Waals surface area contributed by atoms with Crippen molar-refractivity contribution in [3.8, 4) is 0 Å². The molecule has 2 aliphatic rings. The molecule has 1 saturated heterocycles. The SMILES string of the molecule is Cc1ccc(CSCC(=O)N2CCN(CC(=O)NC3CC3)CC2)cc1. The van der Waals surface area contributed by atoms with Crippen LogP contribution in [0.2, 0.25) is 0 Å². The maximum atomic E-state index is 12.3. The Morgan fingerprint density at radius 1 is 1.12 bits per heavy atom. The van der Waals surface area contributed by atoms with E-state index < -0.39 is 0 Å². The highest BCUT2D eigenvalue weighted by Gasteiger charge is 2.26. The van der Waals surface area contributed by atoms with Crippen LogP contribution in [-0.2, 0) is 15.3 Å². The minimum absolute atomic E-state index is 0.121. The van der Waals surface area contributed by atoms with E-state index in [1.165, 1.54) is 11.1 Å². The molecule has 1 aliphatic carbocycles. The largest absolute Gasteiger partial charge is 0.352 e. The van der Waals surface area contributed by atoms with Gasteiger partial charge < -0.3 is 10.2 Å². The van der Waals surface area contributed by atoms with Crippen molar-refractivity contribution in [1.82, 2.24) is 15.1 Å². The van der Waals surface area contributed by atoms with Gasteiger partial charge in [-0.1, -0.05) is 29.8 Å². The molecule has 136 valence electrons. The van der Waals surface area contributed by atoms with Crippen molar-refractivity contribution in [1.29, 1.82) is 0 Å². The predicted octanol–water partition coefficient (Wildman–Crippen LogP) is 1.65. The Balaban J connectivity index is 1.32. The fourth-order valence-electron chi connectivity index (χ4n) is 2.89. The number of carbonyl (C=O) groups excluding carboxylic acids is 2. The van der Waals surface area contributed by atoms with Crippen LogP contribution < -0.4 is 5.32 Å². The van der Waals surface area contributed by atoms with E-state index in [-0.39, 0.29) is 11.8 Å². The van der Waals surface area contributed by atoms with Gasteiger partial charge in [-0.05, 0) is 25.3 Å². The molecule has 0 spiro atoms. The van der Waals surface area contributed by atoms with Gasteiger partial charge in [-0.2, -0.15) is 0 Å². The molecular weight excluding hydrogens is 334 g/mol. The number of piperazine rings is 1. The first kappa shape index (κ1) is 18.3. The van der Waals surface area contributed by atoms with E-state index in [1.807, 2.05) is 4.90 Å². The molecule has 1 heterocycles. The molecule has 2 fully saturated rings. The van der Waals surface area contributed by atoms with E-state index in [0.29, 0.717) is 18.3 Å². The second kappa shape index (κ2) is 8.72. The number of amides is 2. The van der Waals surface area contributed by atoms with Crippen LogP contribution in [0.15, 0.2) is 24.3 Å². The fraction of sp³-hybridized carbons (Fsp3) is 0.579. The Kier molecular flexibility index (Phi) is 6.37. The van der Waals surface area contributed by atoms with Gasteiger partial charge in [-0.25, -0.2) is 0 Å². The van der Waals surface area contributed by atoms with Crippen molar-refractivity contribution < 1.29 is 9.59 Å². The first-order chi connectivity index (χ1) is 12.1. The summed E-state index contributed by atoms with van der Waals surface area (Å²) in [6.07, 6.45) is 2.24. The van der Waals surface area contributed by atoms with Crippen LogP contribution in [0.25, 0.3) is 0 Å². The van der Waals surface area contributed by atoms with Gasteiger partial charge in [0.25, 0.3) is 0 Å². The summed E-state index contributed by atoms with van der Waals surface area (Å²) in [5.74, 6) is 1.72. The average Bonchev–Trinajstić information content (AvgIpc) is 3.41. The molecule has 5 nitrogen and oxygen atoms in total. The van der Waals surface area contributed by atoms with Crippen LogP contribution in [0.4, 0.5) is 0 Å². The Morgan fingerprint density at radius 3 is 2.44 bits per heavy atom. The molecule has 2 amide bonds. The number of carbonyl (C=O) groups is 2. The summed E-state index contributed by atoms with van der Waals surface area (Å²) in [5, 5.41) is 3.02. The summed E-state index contributed by atoms with van der Waals surface area (Å²) in [5.41, 5.74) is 2.52. The summed E-state index contributed by atoms with van der Waals surface area (Å²) in [6, 6.07) is 8.88. The summed E-state index contributed by atoms with van der Waals surface area (Å²) >= 11 is 1.67. The zero-order chi connectivity index (χ0) is 17.6. The molecule has 1 aliphatic heterocycles. The van der Waals surface area contributed by atoms with Crippen molar-refractivity contribution in [2.75, 3.05) is 38.5 Å². The third-order valence-corrected chi connectivity index (χ3v) is 5.64. The van der Waals surface area contributed by atoms with Crippen LogP contribution in [0.5, 0.6) is 0 Å². The molecule has 1 aromatic carbocycles. The van der Waals surface area contributed by atoms with Gasteiger partial charge >= 0.3 is 0 Å². The molecule has 1 saturated carbocycles. The van der Waals surface area contributed by atoms with Gasteiger partial charge in [0.05, 0.1) is 12.3 Å². The Morgan fingerprint density at radius 2 is 1.80 bits per heavy atom. The molecular formula is C19H27N3O2S. The van der Waals surface area contributed by atoms with E-state index in [9.17, 15) is 9.59 Å². The van der Waals surface area contributed by atoms with Crippen molar-refractivity contribution >= 4 is 23.6 Å². The predicted molar refractivity (Wildman–Crippen MR) is 102 cm³/mol. The molecule has 25 heavy (non-hydrogen) atoms. The van der Waals surface area contributed by atoms with Gasteiger partial charge in [-0.15, -0.1) is 11.8 Å². The average molecular weight is 362 g/mol. The highest BCUT2D eigenvalue weighted by atomic mass is 32.2. The molecule has 6 heteroatoms.